The van der Waals surface area contributed by atoms with Gasteiger partial charge in [0.1, 0.15) is 17.1 Å². The Bertz CT molecular complexity index is 1060. The molecule has 3 aromatic rings. The summed E-state index contributed by atoms with van der Waals surface area (Å²) in [5.74, 6) is -0.612. The zero-order chi connectivity index (χ0) is 21.7. The molecule has 0 amide bonds. The van der Waals surface area contributed by atoms with Gasteiger partial charge in [0.05, 0.1) is 30.1 Å². The number of aromatic nitrogens is 1. The fraction of sp³-hybridized carbons (Fsp3) is 0.0556. The summed E-state index contributed by atoms with van der Waals surface area (Å²) < 4.78 is 40.5. The second-order valence-corrected chi connectivity index (χ2v) is 8.19. The predicted octanol–water partition coefficient (Wildman–Crippen LogP) is 9.06. The molecule has 3 rings (SSSR count). The lowest BCUT2D eigenvalue weighted by molar-refractivity contribution is -0.141. The average molecular weight is 522 g/mol. The highest BCUT2D eigenvalue weighted by Crippen LogP contribution is 2.46. The number of hydrogen-bond donors (Lipinski definition) is 1. The molecular formula is C18H6Cl6F3NO. The van der Waals surface area contributed by atoms with Gasteiger partial charge in [0.25, 0.3) is 0 Å². The average Bonchev–Trinajstić information content (AvgIpc) is 2.61. The summed E-state index contributed by atoms with van der Waals surface area (Å²) in [5.41, 5.74) is -2.05. The lowest BCUT2D eigenvalue weighted by atomic mass is 10.00. The fourth-order valence-corrected chi connectivity index (χ4v) is 3.79. The van der Waals surface area contributed by atoms with Crippen LogP contribution in [0.4, 0.5) is 13.2 Å². The van der Waals surface area contributed by atoms with E-state index in [0.717, 1.165) is 0 Å². The van der Waals surface area contributed by atoms with E-state index in [4.69, 9.17) is 69.6 Å². The number of hydrogen-bond acceptors (Lipinski definition) is 2. The fourth-order valence-electron chi connectivity index (χ4n) is 2.51. The molecule has 0 aliphatic heterocycles. The van der Waals surface area contributed by atoms with Gasteiger partial charge in [0, 0.05) is 16.7 Å². The molecule has 0 atom stereocenters. The first-order chi connectivity index (χ1) is 13.4. The van der Waals surface area contributed by atoms with Crippen molar-refractivity contribution in [2.24, 2.45) is 0 Å². The molecule has 0 fully saturated rings. The lowest BCUT2D eigenvalue weighted by Gasteiger charge is -2.16. The number of aromatic hydroxyl groups is 1. The predicted molar refractivity (Wildman–Crippen MR) is 112 cm³/mol. The summed E-state index contributed by atoms with van der Waals surface area (Å²) in [6.45, 7) is 0. The number of benzene rings is 2. The van der Waals surface area contributed by atoms with E-state index >= 15 is 0 Å². The normalized spacial score (nSPS) is 11.8. The molecule has 0 radical (unpaired) electrons. The van der Waals surface area contributed by atoms with Crippen molar-refractivity contribution in [1.29, 1.82) is 0 Å². The van der Waals surface area contributed by atoms with Crippen molar-refractivity contribution in [1.82, 2.24) is 4.98 Å². The van der Waals surface area contributed by atoms with Gasteiger partial charge in [-0.05, 0) is 30.3 Å². The number of alkyl halides is 3. The van der Waals surface area contributed by atoms with E-state index in [1.165, 1.54) is 24.3 Å². The van der Waals surface area contributed by atoms with Crippen LogP contribution in [0.15, 0.2) is 30.3 Å². The van der Waals surface area contributed by atoms with Crippen molar-refractivity contribution in [3.63, 3.8) is 0 Å². The first-order valence-corrected chi connectivity index (χ1v) is 9.78. The molecule has 0 aliphatic carbocycles. The highest BCUT2D eigenvalue weighted by molar-refractivity contribution is 6.44. The quantitative estimate of drug-likeness (QED) is 0.341. The number of pyridine rings is 1. The third kappa shape index (κ3) is 4.50. The van der Waals surface area contributed by atoms with E-state index in [-0.39, 0.29) is 46.8 Å². The summed E-state index contributed by atoms with van der Waals surface area (Å²) in [5, 5.41) is 10.9. The first-order valence-electron chi connectivity index (χ1n) is 7.51. The second-order valence-electron chi connectivity index (χ2n) is 5.74. The van der Waals surface area contributed by atoms with E-state index in [1.807, 2.05) is 0 Å². The van der Waals surface area contributed by atoms with E-state index in [1.54, 1.807) is 0 Å². The molecule has 0 bridgehead atoms. The Balaban J connectivity index is 2.39. The monoisotopic (exact) mass is 519 g/mol. The van der Waals surface area contributed by atoms with Crippen molar-refractivity contribution in [3.8, 4) is 28.1 Å². The summed E-state index contributed by atoms with van der Waals surface area (Å²) in [6.07, 6.45) is -4.83. The molecule has 2 nitrogen and oxygen atoms in total. The van der Waals surface area contributed by atoms with Gasteiger partial charge in [-0.1, -0.05) is 69.6 Å². The van der Waals surface area contributed by atoms with Gasteiger partial charge < -0.3 is 5.11 Å². The minimum atomic E-state index is -4.83. The van der Waals surface area contributed by atoms with Gasteiger partial charge in [-0.25, -0.2) is 4.98 Å². The number of halogens is 9. The molecule has 29 heavy (non-hydrogen) atoms. The third-order valence-electron chi connectivity index (χ3n) is 3.85. The van der Waals surface area contributed by atoms with Crippen molar-refractivity contribution in [2.75, 3.05) is 0 Å². The molecule has 1 heterocycles. The van der Waals surface area contributed by atoms with Crippen LogP contribution in [0.1, 0.15) is 5.69 Å². The Hall–Kier alpha value is -1.08. The molecule has 152 valence electrons. The highest BCUT2D eigenvalue weighted by Gasteiger charge is 2.35. The molecular weight excluding hydrogens is 516 g/mol. The van der Waals surface area contributed by atoms with E-state index in [2.05, 4.69) is 4.98 Å². The molecule has 2 aromatic carbocycles. The molecule has 0 spiro atoms. The summed E-state index contributed by atoms with van der Waals surface area (Å²) in [7, 11) is 0. The lowest BCUT2D eigenvalue weighted by Crippen LogP contribution is -2.09. The van der Waals surface area contributed by atoms with Gasteiger partial charge in [0.2, 0.25) is 0 Å². The molecule has 0 unspecified atom stereocenters. The zero-order valence-electron chi connectivity index (χ0n) is 13.7. The van der Waals surface area contributed by atoms with Crippen molar-refractivity contribution in [3.05, 3.63) is 66.2 Å². The SMILES string of the molecule is Oc1c(-c2cc(Cl)c(Cl)cc2Cl)cc(C(F)(F)F)nc1-c1cc(Cl)c(Cl)cc1Cl. The van der Waals surface area contributed by atoms with Crippen LogP contribution in [0.3, 0.4) is 0 Å². The van der Waals surface area contributed by atoms with E-state index < -0.39 is 23.3 Å². The van der Waals surface area contributed by atoms with Crippen molar-refractivity contribution < 1.29 is 18.3 Å². The van der Waals surface area contributed by atoms with Crippen LogP contribution in [0, 0.1) is 0 Å². The van der Waals surface area contributed by atoms with E-state index in [9.17, 15) is 18.3 Å². The van der Waals surface area contributed by atoms with Crippen molar-refractivity contribution >= 4 is 69.6 Å². The first kappa shape index (κ1) is 22.6. The minimum absolute atomic E-state index is 0.0128. The van der Waals surface area contributed by atoms with Gasteiger partial charge in [-0.2, -0.15) is 13.2 Å². The summed E-state index contributed by atoms with van der Waals surface area (Å²) in [6, 6.07) is 5.57. The highest BCUT2D eigenvalue weighted by atomic mass is 35.5. The van der Waals surface area contributed by atoms with Crippen LogP contribution in [-0.4, -0.2) is 10.1 Å². The topological polar surface area (TPSA) is 33.1 Å². The maximum atomic E-state index is 13.5. The molecule has 1 N–H and O–H groups in total. The number of nitrogens with zero attached hydrogens (tertiary/aromatic N) is 1. The molecule has 0 aliphatic rings. The van der Waals surface area contributed by atoms with Gasteiger partial charge in [-0.3, -0.25) is 0 Å². The molecule has 0 saturated carbocycles. The standard InChI is InChI=1S/C18H6Cl6F3NO/c19-9-4-13(23)11(21)1-6(9)7-3-15(18(25,26)27)28-16(17(7)29)8-2-12(22)14(24)5-10(8)20/h1-5,29H. The Morgan fingerprint density at radius 1 is 0.621 bits per heavy atom. The van der Waals surface area contributed by atoms with Crippen LogP contribution in [0.5, 0.6) is 5.75 Å². The van der Waals surface area contributed by atoms with Gasteiger partial charge in [-0.15, -0.1) is 0 Å². The van der Waals surface area contributed by atoms with Crippen LogP contribution in [-0.2, 0) is 6.18 Å². The second kappa shape index (κ2) is 8.22. The Labute approximate surface area is 192 Å². The Kier molecular flexibility index (Phi) is 6.40. The third-order valence-corrected chi connectivity index (χ3v) is 5.92. The van der Waals surface area contributed by atoms with Crippen LogP contribution in [0.2, 0.25) is 30.1 Å². The molecule has 11 heteroatoms. The minimum Gasteiger partial charge on any atom is -0.505 e. The smallest absolute Gasteiger partial charge is 0.433 e. The van der Waals surface area contributed by atoms with E-state index in [0.29, 0.717) is 6.07 Å². The van der Waals surface area contributed by atoms with Crippen LogP contribution < -0.4 is 0 Å². The summed E-state index contributed by atoms with van der Waals surface area (Å²) in [4.78, 5) is 3.54. The maximum absolute atomic E-state index is 13.5. The number of rotatable bonds is 2. The van der Waals surface area contributed by atoms with Gasteiger partial charge >= 0.3 is 6.18 Å². The van der Waals surface area contributed by atoms with Gasteiger partial charge in [0.15, 0.2) is 0 Å². The molecule has 0 saturated heterocycles. The van der Waals surface area contributed by atoms with Crippen LogP contribution in [0.25, 0.3) is 22.4 Å². The largest absolute Gasteiger partial charge is 0.505 e. The van der Waals surface area contributed by atoms with Crippen LogP contribution >= 0.6 is 69.6 Å². The Morgan fingerprint density at radius 3 is 1.59 bits per heavy atom. The maximum Gasteiger partial charge on any atom is 0.433 e. The zero-order valence-corrected chi connectivity index (χ0v) is 18.2. The molecule has 1 aromatic heterocycles. The Morgan fingerprint density at radius 2 is 1.07 bits per heavy atom. The summed E-state index contributed by atoms with van der Waals surface area (Å²) >= 11 is 35.9. The van der Waals surface area contributed by atoms with Crippen molar-refractivity contribution in [2.45, 2.75) is 6.18 Å².